The van der Waals surface area contributed by atoms with Gasteiger partial charge in [-0.3, -0.25) is 19.9 Å². The number of hydrogen-bond acceptors (Lipinski definition) is 6. The number of amides is 2. The molecule has 0 bridgehead atoms. The fraction of sp³-hybridized carbons (Fsp3) is 0.526. The van der Waals surface area contributed by atoms with Crippen LogP contribution in [0.1, 0.15) is 19.3 Å². The number of ether oxygens (including phenoxy) is 1. The molecule has 3 rings (SSSR count). The van der Waals surface area contributed by atoms with E-state index in [1.54, 1.807) is 13.1 Å². The van der Waals surface area contributed by atoms with E-state index in [-0.39, 0.29) is 37.4 Å². The highest BCUT2D eigenvalue weighted by Crippen LogP contribution is 2.26. The summed E-state index contributed by atoms with van der Waals surface area (Å²) < 4.78 is 43.8. The van der Waals surface area contributed by atoms with E-state index in [4.69, 9.17) is 15.9 Å². The second-order valence-electron chi connectivity index (χ2n) is 7.44. The zero-order valence-electron chi connectivity index (χ0n) is 16.5. The Morgan fingerprint density at radius 3 is 2.83 bits per heavy atom. The number of alkyl halides is 3. The molecule has 0 spiro atoms. The van der Waals surface area contributed by atoms with E-state index in [1.165, 1.54) is 4.90 Å². The van der Waals surface area contributed by atoms with E-state index in [0.29, 0.717) is 17.9 Å². The summed E-state index contributed by atoms with van der Waals surface area (Å²) in [4.78, 5) is 27.8. The Bertz CT molecular complexity index is 847. The van der Waals surface area contributed by atoms with Crippen molar-refractivity contribution in [3.05, 3.63) is 34.9 Å². The lowest BCUT2D eigenvalue weighted by atomic mass is 10.0. The number of nitrogens with zero attached hydrogens (tertiary/aromatic N) is 2. The third-order valence-corrected chi connectivity index (χ3v) is 5.22. The number of nitrogens with one attached hydrogen (secondary N) is 2. The number of rotatable bonds is 4. The lowest BCUT2D eigenvalue weighted by molar-refractivity contribution is -0.145. The Kier molecular flexibility index (Phi) is 6.20. The van der Waals surface area contributed by atoms with Crippen LogP contribution in [-0.4, -0.2) is 72.8 Å². The van der Waals surface area contributed by atoms with Crippen molar-refractivity contribution in [2.45, 2.75) is 31.5 Å². The Morgan fingerprint density at radius 2 is 2.13 bits per heavy atom. The van der Waals surface area contributed by atoms with Gasteiger partial charge in [0.1, 0.15) is 24.1 Å². The minimum Gasteiger partial charge on any atom is -0.493 e. The monoisotopic (exact) mass is 427 g/mol. The Labute approximate surface area is 171 Å². The molecule has 0 radical (unpaired) electrons. The van der Waals surface area contributed by atoms with E-state index in [1.807, 2.05) is 6.08 Å². The van der Waals surface area contributed by atoms with Gasteiger partial charge in [0.25, 0.3) is 11.8 Å². The lowest BCUT2D eigenvalue weighted by Crippen LogP contribution is -2.51. The second-order valence-corrected chi connectivity index (χ2v) is 7.44. The van der Waals surface area contributed by atoms with Crippen LogP contribution in [0.2, 0.25) is 0 Å². The Morgan fingerprint density at radius 1 is 1.40 bits per heavy atom. The first kappa shape index (κ1) is 21.9. The molecule has 1 aliphatic carbocycles. The third kappa shape index (κ3) is 4.84. The van der Waals surface area contributed by atoms with Crippen molar-refractivity contribution in [1.29, 1.82) is 5.41 Å². The summed E-state index contributed by atoms with van der Waals surface area (Å²) in [5, 5.41) is 10.6. The van der Waals surface area contributed by atoms with Gasteiger partial charge in [-0.2, -0.15) is 13.2 Å². The molecule has 1 atom stereocenters. The molecule has 30 heavy (non-hydrogen) atoms. The largest absolute Gasteiger partial charge is 0.493 e. The first-order chi connectivity index (χ1) is 14.1. The van der Waals surface area contributed by atoms with Gasteiger partial charge in [-0.1, -0.05) is 6.08 Å². The summed E-state index contributed by atoms with van der Waals surface area (Å²) in [7, 11) is 1.57. The molecule has 0 aromatic rings. The van der Waals surface area contributed by atoms with Gasteiger partial charge in [-0.05, 0) is 12.5 Å². The molecule has 11 heteroatoms. The molecule has 164 valence electrons. The van der Waals surface area contributed by atoms with Crippen LogP contribution < -0.4 is 11.1 Å². The van der Waals surface area contributed by atoms with Crippen molar-refractivity contribution < 1.29 is 27.5 Å². The summed E-state index contributed by atoms with van der Waals surface area (Å²) in [6.07, 6.45) is 0.856. The number of allylic oxidation sites excluding steroid dienone is 3. The minimum absolute atomic E-state index is 0.0405. The number of carbonyl (C=O) groups excluding carboxylic acids is 2. The quantitative estimate of drug-likeness (QED) is 0.580. The molecule has 0 aromatic heterocycles. The molecule has 0 saturated carbocycles. The molecule has 2 aliphatic heterocycles. The second kappa shape index (κ2) is 8.50. The standard InChI is InChI=1S/C19H24F3N5O3/c1-26-14-4-2-3-5-15(14)30-9-13(18(26)29)25-17(28)16(24)11-8-27(7-6-12(11)23)10-19(20,21)22/h2,4,13,24H,3,5-10,23H2,1H3,(H,25,28)/t13-/m0/s1. The fourth-order valence-corrected chi connectivity index (χ4v) is 3.62. The SMILES string of the molecule is CN1C(=O)[C@@H](NC(=O)C(=N)C2=C(N)CCN(CC(F)(F)F)C2)COC2=C1C=CCC2. The van der Waals surface area contributed by atoms with Crippen molar-refractivity contribution in [2.24, 2.45) is 5.73 Å². The molecular weight excluding hydrogens is 403 g/mol. The predicted octanol–water partition coefficient (Wildman–Crippen LogP) is 1.02. The van der Waals surface area contributed by atoms with Crippen molar-refractivity contribution in [3.8, 4) is 0 Å². The Hall–Kier alpha value is -2.82. The van der Waals surface area contributed by atoms with E-state index in [9.17, 15) is 22.8 Å². The van der Waals surface area contributed by atoms with Gasteiger partial charge in [0.2, 0.25) is 0 Å². The smallest absolute Gasteiger partial charge is 0.401 e. The van der Waals surface area contributed by atoms with Gasteiger partial charge in [0, 0.05) is 44.2 Å². The number of carbonyl (C=O) groups is 2. The number of hydrogen-bond donors (Lipinski definition) is 3. The molecule has 0 unspecified atom stereocenters. The van der Waals surface area contributed by atoms with Gasteiger partial charge in [-0.25, -0.2) is 0 Å². The van der Waals surface area contributed by atoms with Crippen molar-refractivity contribution in [3.63, 3.8) is 0 Å². The maximum absolute atomic E-state index is 12.7. The van der Waals surface area contributed by atoms with Crippen LogP contribution in [0.3, 0.4) is 0 Å². The van der Waals surface area contributed by atoms with E-state index < -0.39 is 36.3 Å². The molecule has 3 aliphatic rings. The fourth-order valence-electron chi connectivity index (χ4n) is 3.62. The minimum atomic E-state index is -4.39. The van der Waals surface area contributed by atoms with Gasteiger partial charge in [0.05, 0.1) is 12.2 Å². The first-order valence-corrected chi connectivity index (χ1v) is 9.53. The van der Waals surface area contributed by atoms with Crippen LogP contribution in [0, 0.1) is 5.41 Å². The highest BCUT2D eigenvalue weighted by Gasteiger charge is 2.36. The maximum atomic E-state index is 12.7. The average Bonchev–Trinajstić information content (AvgIpc) is 2.80. The van der Waals surface area contributed by atoms with E-state index in [2.05, 4.69) is 5.32 Å². The normalized spacial score (nSPS) is 23.1. The van der Waals surface area contributed by atoms with E-state index in [0.717, 1.165) is 11.3 Å². The van der Waals surface area contributed by atoms with E-state index >= 15 is 0 Å². The summed E-state index contributed by atoms with van der Waals surface area (Å²) >= 11 is 0. The summed E-state index contributed by atoms with van der Waals surface area (Å²) in [5.41, 5.74) is 6.19. The van der Waals surface area contributed by atoms with Gasteiger partial charge in [0.15, 0.2) is 0 Å². The lowest BCUT2D eigenvalue weighted by Gasteiger charge is -2.30. The first-order valence-electron chi connectivity index (χ1n) is 9.53. The van der Waals surface area contributed by atoms with Crippen LogP contribution in [0.25, 0.3) is 0 Å². The van der Waals surface area contributed by atoms with Gasteiger partial charge < -0.3 is 20.7 Å². The predicted molar refractivity (Wildman–Crippen MR) is 102 cm³/mol. The van der Waals surface area contributed by atoms with Crippen molar-refractivity contribution >= 4 is 17.5 Å². The van der Waals surface area contributed by atoms with Crippen LogP contribution in [0.4, 0.5) is 13.2 Å². The highest BCUT2D eigenvalue weighted by molar-refractivity contribution is 6.44. The topological polar surface area (TPSA) is 112 Å². The van der Waals surface area contributed by atoms with Crippen molar-refractivity contribution in [1.82, 2.24) is 15.1 Å². The molecule has 2 heterocycles. The molecular formula is C19H24F3N5O3. The zero-order valence-corrected chi connectivity index (χ0v) is 16.5. The molecule has 2 amide bonds. The van der Waals surface area contributed by atoms with Crippen molar-refractivity contribution in [2.75, 3.05) is 33.3 Å². The molecule has 0 aromatic carbocycles. The van der Waals surface area contributed by atoms with Crippen LogP contribution >= 0.6 is 0 Å². The summed E-state index contributed by atoms with van der Waals surface area (Å²) in [6, 6.07) is -1.03. The highest BCUT2D eigenvalue weighted by atomic mass is 19.4. The number of halogens is 3. The molecule has 0 saturated heterocycles. The maximum Gasteiger partial charge on any atom is 0.401 e. The number of likely N-dealkylation sites (N-methyl/N-ethyl adjacent to an activating group) is 1. The van der Waals surface area contributed by atoms with Crippen LogP contribution in [0.15, 0.2) is 34.9 Å². The van der Waals surface area contributed by atoms with Gasteiger partial charge >= 0.3 is 6.18 Å². The third-order valence-electron chi connectivity index (χ3n) is 5.22. The molecule has 8 nitrogen and oxygen atoms in total. The molecule has 4 N–H and O–H groups in total. The van der Waals surface area contributed by atoms with Crippen LogP contribution in [0.5, 0.6) is 0 Å². The van der Waals surface area contributed by atoms with Gasteiger partial charge in [-0.15, -0.1) is 0 Å². The Balaban J connectivity index is 1.67. The zero-order chi connectivity index (χ0) is 22.1. The summed E-state index contributed by atoms with van der Waals surface area (Å²) in [6.45, 7) is -1.41. The van der Waals surface area contributed by atoms with Crippen LogP contribution in [-0.2, 0) is 14.3 Å². The molecule has 0 fully saturated rings. The average molecular weight is 427 g/mol. The number of nitrogens with two attached hydrogens (primary N) is 1. The summed E-state index contributed by atoms with van der Waals surface area (Å²) in [5.74, 6) is -0.633.